The first kappa shape index (κ1) is 14.2. The van der Waals surface area contributed by atoms with Crippen LogP contribution in [0.3, 0.4) is 0 Å². The fourth-order valence-electron chi connectivity index (χ4n) is 2.52. The highest BCUT2D eigenvalue weighted by molar-refractivity contribution is 5.79. The normalized spacial score (nSPS) is 20.5. The van der Waals surface area contributed by atoms with Crippen molar-refractivity contribution in [3.05, 3.63) is 0 Å². The highest BCUT2D eigenvalue weighted by atomic mass is 16.2. The van der Waals surface area contributed by atoms with Crippen LogP contribution in [0.15, 0.2) is 0 Å². The summed E-state index contributed by atoms with van der Waals surface area (Å²) in [5.74, 6) is 0.405. The van der Waals surface area contributed by atoms with Crippen LogP contribution in [0.4, 0.5) is 0 Å². The molecule has 1 rings (SSSR count). The Morgan fingerprint density at radius 3 is 2.47 bits per heavy atom. The molecule has 1 fully saturated rings. The average molecular weight is 240 g/mol. The average Bonchev–Trinajstić information content (AvgIpc) is 2.66. The third-order valence-corrected chi connectivity index (χ3v) is 3.48. The SMILES string of the molecule is CCN(CC)C(=O)CN1CCCC1CC(C)=O. The van der Waals surface area contributed by atoms with E-state index in [1.807, 2.05) is 18.7 Å². The van der Waals surface area contributed by atoms with Gasteiger partial charge in [-0.3, -0.25) is 14.5 Å². The van der Waals surface area contributed by atoms with Gasteiger partial charge in [-0.2, -0.15) is 0 Å². The zero-order chi connectivity index (χ0) is 12.8. The van der Waals surface area contributed by atoms with Crippen molar-refractivity contribution in [2.24, 2.45) is 0 Å². The zero-order valence-electron chi connectivity index (χ0n) is 11.2. The van der Waals surface area contributed by atoms with Crippen LogP contribution in [0, 0.1) is 0 Å². The molecule has 98 valence electrons. The maximum atomic E-state index is 12.0. The van der Waals surface area contributed by atoms with Crippen LogP contribution in [0.2, 0.25) is 0 Å². The number of nitrogens with zero attached hydrogens (tertiary/aromatic N) is 2. The molecule has 0 N–H and O–H groups in total. The number of Topliss-reactive ketones (excluding diaryl/α,β-unsaturated/α-hetero) is 1. The maximum Gasteiger partial charge on any atom is 0.236 e. The second kappa shape index (κ2) is 6.74. The molecule has 0 aliphatic carbocycles. The zero-order valence-corrected chi connectivity index (χ0v) is 11.2. The number of hydrogen-bond donors (Lipinski definition) is 0. The van der Waals surface area contributed by atoms with E-state index in [0.29, 0.717) is 13.0 Å². The van der Waals surface area contributed by atoms with Gasteiger partial charge in [0, 0.05) is 25.6 Å². The minimum atomic E-state index is 0.186. The molecule has 0 spiro atoms. The first-order valence-corrected chi connectivity index (χ1v) is 6.59. The standard InChI is InChI=1S/C13H24N2O2/c1-4-14(5-2)13(17)10-15-8-6-7-12(15)9-11(3)16/h12H,4-10H2,1-3H3. The lowest BCUT2D eigenvalue weighted by molar-refractivity contribution is -0.132. The third-order valence-electron chi connectivity index (χ3n) is 3.48. The summed E-state index contributed by atoms with van der Waals surface area (Å²) in [5.41, 5.74) is 0. The van der Waals surface area contributed by atoms with Crippen molar-refractivity contribution >= 4 is 11.7 Å². The number of likely N-dealkylation sites (N-methyl/N-ethyl adjacent to an activating group) is 1. The molecule has 0 bridgehead atoms. The molecule has 0 aromatic heterocycles. The molecule has 4 heteroatoms. The van der Waals surface area contributed by atoms with Crippen LogP contribution >= 0.6 is 0 Å². The van der Waals surface area contributed by atoms with Gasteiger partial charge in [-0.15, -0.1) is 0 Å². The molecule has 1 heterocycles. The topological polar surface area (TPSA) is 40.6 Å². The molecule has 0 aromatic rings. The fourth-order valence-corrected chi connectivity index (χ4v) is 2.52. The first-order valence-electron chi connectivity index (χ1n) is 6.59. The van der Waals surface area contributed by atoms with Crippen molar-refractivity contribution in [1.82, 2.24) is 9.80 Å². The third kappa shape index (κ3) is 4.11. The molecule has 17 heavy (non-hydrogen) atoms. The van der Waals surface area contributed by atoms with Crippen LogP contribution in [-0.2, 0) is 9.59 Å². The molecule has 1 aliphatic rings. The number of carbonyl (C=O) groups excluding carboxylic acids is 2. The second-order valence-corrected chi connectivity index (χ2v) is 4.74. The van der Waals surface area contributed by atoms with Crippen molar-refractivity contribution in [3.8, 4) is 0 Å². The van der Waals surface area contributed by atoms with Gasteiger partial charge >= 0.3 is 0 Å². The Morgan fingerprint density at radius 2 is 1.94 bits per heavy atom. The van der Waals surface area contributed by atoms with E-state index in [-0.39, 0.29) is 17.7 Å². The summed E-state index contributed by atoms with van der Waals surface area (Å²) in [6.45, 7) is 8.57. The highest BCUT2D eigenvalue weighted by Crippen LogP contribution is 2.20. The molecule has 4 nitrogen and oxygen atoms in total. The van der Waals surface area contributed by atoms with Gasteiger partial charge in [0.25, 0.3) is 0 Å². The van der Waals surface area contributed by atoms with Crippen molar-refractivity contribution in [2.45, 2.75) is 46.1 Å². The van der Waals surface area contributed by atoms with E-state index < -0.39 is 0 Å². The number of amides is 1. The number of carbonyl (C=O) groups is 2. The lowest BCUT2D eigenvalue weighted by Gasteiger charge is -2.26. The molecule has 0 aromatic carbocycles. The predicted molar refractivity (Wildman–Crippen MR) is 67.8 cm³/mol. The van der Waals surface area contributed by atoms with Gasteiger partial charge in [0.1, 0.15) is 5.78 Å². The summed E-state index contributed by atoms with van der Waals surface area (Å²) < 4.78 is 0. The predicted octanol–water partition coefficient (Wildman–Crippen LogP) is 1.30. The van der Waals surface area contributed by atoms with Gasteiger partial charge in [0.05, 0.1) is 6.54 Å². The van der Waals surface area contributed by atoms with Gasteiger partial charge in [0.15, 0.2) is 0 Å². The highest BCUT2D eigenvalue weighted by Gasteiger charge is 2.27. The quantitative estimate of drug-likeness (QED) is 0.702. The van der Waals surface area contributed by atoms with E-state index in [9.17, 15) is 9.59 Å². The van der Waals surface area contributed by atoms with E-state index in [2.05, 4.69) is 4.90 Å². The van der Waals surface area contributed by atoms with Crippen LogP contribution in [0.5, 0.6) is 0 Å². The number of rotatable bonds is 6. The second-order valence-electron chi connectivity index (χ2n) is 4.74. The summed E-state index contributed by atoms with van der Waals surface area (Å²) in [6, 6.07) is 0.284. The molecule has 1 amide bonds. The molecule has 1 aliphatic heterocycles. The Labute approximate surface area is 104 Å². The summed E-state index contributed by atoms with van der Waals surface area (Å²) >= 11 is 0. The summed E-state index contributed by atoms with van der Waals surface area (Å²) in [7, 11) is 0. The maximum absolute atomic E-state index is 12.0. The van der Waals surface area contributed by atoms with E-state index in [1.165, 1.54) is 0 Å². The largest absolute Gasteiger partial charge is 0.342 e. The van der Waals surface area contributed by atoms with Crippen LogP contribution < -0.4 is 0 Å². The summed E-state index contributed by atoms with van der Waals surface area (Å²) in [5, 5.41) is 0. The monoisotopic (exact) mass is 240 g/mol. The first-order chi connectivity index (χ1) is 8.08. The van der Waals surface area contributed by atoms with Gasteiger partial charge in [-0.1, -0.05) is 0 Å². The van der Waals surface area contributed by atoms with Crippen molar-refractivity contribution in [2.75, 3.05) is 26.2 Å². The molecule has 1 atom stereocenters. The molecule has 0 saturated carbocycles. The van der Waals surface area contributed by atoms with Gasteiger partial charge in [0.2, 0.25) is 5.91 Å². The van der Waals surface area contributed by atoms with E-state index >= 15 is 0 Å². The summed E-state index contributed by atoms with van der Waals surface area (Å²) in [6.07, 6.45) is 2.74. The Hall–Kier alpha value is -0.900. The molecule has 1 unspecified atom stereocenters. The van der Waals surface area contributed by atoms with Crippen molar-refractivity contribution in [1.29, 1.82) is 0 Å². The van der Waals surface area contributed by atoms with E-state index in [1.54, 1.807) is 6.92 Å². The summed E-state index contributed by atoms with van der Waals surface area (Å²) in [4.78, 5) is 27.2. The molecule has 1 saturated heterocycles. The van der Waals surface area contributed by atoms with Gasteiger partial charge in [-0.25, -0.2) is 0 Å². The lowest BCUT2D eigenvalue weighted by atomic mass is 10.1. The number of likely N-dealkylation sites (tertiary alicyclic amines) is 1. The molecular formula is C13H24N2O2. The number of hydrogen-bond acceptors (Lipinski definition) is 3. The van der Waals surface area contributed by atoms with Gasteiger partial charge < -0.3 is 4.90 Å². The van der Waals surface area contributed by atoms with E-state index in [0.717, 1.165) is 32.5 Å². The fraction of sp³-hybridized carbons (Fsp3) is 0.846. The van der Waals surface area contributed by atoms with E-state index in [4.69, 9.17) is 0 Å². The van der Waals surface area contributed by atoms with Crippen molar-refractivity contribution < 1.29 is 9.59 Å². The lowest BCUT2D eigenvalue weighted by Crippen LogP contribution is -2.42. The Morgan fingerprint density at radius 1 is 1.29 bits per heavy atom. The Balaban J connectivity index is 2.49. The van der Waals surface area contributed by atoms with Crippen molar-refractivity contribution in [3.63, 3.8) is 0 Å². The minimum Gasteiger partial charge on any atom is -0.342 e. The Kier molecular flexibility index (Phi) is 5.62. The molecule has 0 radical (unpaired) electrons. The smallest absolute Gasteiger partial charge is 0.236 e. The minimum absolute atomic E-state index is 0.186. The van der Waals surface area contributed by atoms with Crippen LogP contribution in [0.1, 0.15) is 40.0 Å². The number of ketones is 1. The van der Waals surface area contributed by atoms with Crippen LogP contribution in [0.25, 0.3) is 0 Å². The Bertz CT molecular complexity index is 275. The van der Waals surface area contributed by atoms with Crippen LogP contribution in [-0.4, -0.2) is 53.7 Å². The molecular weight excluding hydrogens is 216 g/mol. The van der Waals surface area contributed by atoms with Gasteiger partial charge in [-0.05, 0) is 40.2 Å².